The maximum atomic E-state index is 8.66. The van der Waals surface area contributed by atoms with E-state index in [0.29, 0.717) is 17.3 Å². The van der Waals surface area contributed by atoms with Crippen molar-refractivity contribution in [3.63, 3.8) is 0 Å². The highest BCUT2D eigenvalue weighted by molar-refractivity contribution is 5.52. The Hall–Kier alpha value is -2.48. The quantitative estimate of drug-likeness (QED) is 0.788. The van der Waals surface area contributed by atoms with Crippen molar-refractivity contribution in [1.82, 2.24) is 10.2 Å². The van der Waals surface area contributed by atoms with E-state index in [0.717, 1.165) is 11.3 Å². The van der Waals surface area contributed by atoms with Gasteiger partial charge >= 0.3 is 0 Å². The van der Waals surface area contributed by atoms with Gasteiger partial charge in [0.05, 0.1) is 12.5 Å². The molecular weight excluding hydrogens is 216 g/mol. The predicted octanol–water partition coefficient (Wildman–Crippen LogP) is 2.16. The van der Waals surface area contributed by atoms with Gasteiger partial charge in [0, 0.05) is 17.4 Å². The minimum Gasteiger partial charge on any atom is -0.438 e. The predicted molar refractivity (Wildman–Crippen MR) is 63.6 cm³/mol. The van der Waals surface area contributed by atoms with E-state index in [1.807, 2.05) is 6.92 Å². The molecule has 2 aromatic rings. The van der Waals surface area contributed by atoms with Gasteiger partial charge in [0.25, 0.3) is 0 Å². The fourth-order valence-electron chi connectivity index (χ4n) is 1.45. The number of H-pyrrole nitrogens is 1. The third-order valence-corrected chi connectivity index (χ3v) is 2.29. The molecule has 0 aliphatic heterocycles. The molecule has 0 spiro atoms. The molecule has 1 heterocycles. The number of nitrogens with two attached hydrogens (primary N) is 1. The molecule has 0 bridgehead atoms. The Bertz CT molecular complexity index is 568. The largest absolute Gasteiger partial charge is 0.438 e. The number of nitrogens with zero attached hydrogens (tertiary/aromatic N) is 2. The van der Waals surface area contributed by atoms with Crippen LogP contribution in [-0.2, 0) is 6.42 Å². The summed E-state index contributed by atoms with van der Waals surface area (Å²) in [6.07, 6.45) is 0.266. The highest BCUT2D eigenvalue weighted by Crippen LogP contribution is 2.24. The molecule has 3 N–H and O–H groups in total. The summed E-state index contributed by atoms with van der Waals surface area (Å²) in [5.74, 6) is 1.12. The first-order valence-corrected chi connectivity index (χ1v) is 5.14. The van der Waals surface area contributed by atoms with Crippen LogP contribution in [0.2, 0.25) is 0 Å². The van der Waals surface area contributed by atoms with Crippen molar-refractivity contribution < 1.29 is 4.74 Å². The van der Waals surface area contributed by atoms with Gasteiger partial charge in [-0.3, -0.25) is 5.10 Å². The van der Waals surface area contributed by atoms with Crippen LogP contribution in [0.15, 0.2) is 24.3 Å². The molecule has 0 aliphatic carbocycles. The van der Waals surface area contributed by atoms with Crippen LogP contribution in [0.5, 0.6) is 11.6 Å². The van der Waals surface area contributed by atoms with Crippen LogP contribution >= 0.6 is 0 Å². The van der Waals surface area contributed by atoms with E-state index in [1.165, 1.54) is 0 Å². The van der Waals surface area contributed by atoms with Crippen molar-refractivity contribution in [3.8, 4) is 17.7 Å². The Morgan fingerprint density at radius 1 is 1.47 bits per heavy atom. The number of aromatic amines is 1. The minimum absolute atomic E-state index is 0.266. The topological polar surface area (TPSA) is 87.7 Å². The first-order valence-electron chi connectivity index (χ1n) is 5.14. The van der Waals surface area contributed by atoms with E-state index in [4.69, 9.17) is 15.7 Å². The third kappa shape index (κ3) is 2.55. The molecule has 0 aliphatic rings. The number of nitrogens with one attached hydrogen (secondary N) is 1. The highest BCUT2D eigenvalue weighted by Gasteiger charge is 2.04. The molecule has 1 aromatic heterocycles. The van der Waals surface area contributed by atoms with Gasteiger partial charge in [0.2, 0.25) is 5.88 Å². The summed E-state index contributed by atoms with van der Waals surface area (Å²) in [7, 11) is 0. The molecular formula is C12H12N4O. The second-order valence-electron chi connectivity index (χ2n) is 3.69. The summed E-state index contributed by atoms with van der Waals surface area (Å²) in [4.78, 5) is 0. The van der Waals surface area contributed by atoms with E-state index in [-0.39, 0.29) is 6.42 Å². The number of anilines is 1. The first kappa shape index (κ1) is 11.0. The van der Waals surface area contributed by atoms with Crippen LogP contribution in [0.25, 0.3) is 0 Å². The molecule has 1 aromatic carbocycles. The van der Waals surface area contributed by atoms with Crippen molar-refractivity contribution in [2.75, 3.05) is 5.73 Å². The van der Waals surface area contributed by atoms with Crippen molar-refractivity contribution in [2.45, 2.75) is 13.3 Å². The van der Waals surface area contributed by atoms with Crippen LogP contribution in [0, 0.1) is 18.3 Å². The number of benzene rings is 1. The zero-order valence-corrected chi connectivity index (χ0v) is 9.40. The third-order valence-electron chi connectivity index (χ3n) is 2.29. The van der Waals surface area contributed by atoms with Crippen molar-refractivity contribution >= 4 is 5.69 Å². The molecule has 0 saturated carbocycles. The fraction of sp³-hybridized carbons (Fsp3) is 0.167. The van der Waals surface area contributed by atoms with Crippen LogP contribution in [-0.4, -0.2) is 10.2 Å². The number of hydrogen-bond donors (Lipinski definition) is 2. The molecule has 0 atom stereocenters. The van der Waals surface area contributed by atoms with E-state index < -0.39 is 0 Å². The van der Waals surface area contributed by atoms with E-state index in [2.05, 4.69) is 16.3 Å². The average Bonchev–Trinajstić information content (AvgIpc) is 2.69. The number of hydrogen-bond acceptors (Lipinski definition) is 4. The maximum Gasteiger partial charge on any atom is 0.238 e. The average molecular weight is 228 g/mol. The standard InChI is InChI=1S/C12H12N4O/c1-8-6-12(16-15-8)17-10-2-3-11(14)9(7-10)4-5-13/h2-3,6-7H,4,14H2,1H3,(H,15,16). The SMILES string of the molecule is Cc1cc(Oc2ccc(N)c(CC#N)c2)n[nH]1. The van der Waals surface area contributed by atoms with Gasteiger partial charge in [-0.2, -0.15) is 5.26 Å². The highest BCUT2D eigenvalue weighted by atomic mass is 16.5. The molecule has 5 heteroatoms. The summed E-state index contributed by atoms with van der Waals surface area (Å²) in [5.41, 5.74) is 8.02. The zero-order valence-electron chi connectivity index (χ0n) is 9.40. The van der Waals surface area contributed by atoms with Crippen LogP contribution in [0.4, 0.5) is 5.69 Å². The van der Waals surface area contributed by atoms with E-state index in [9.17, 15) is 0 Å². The Labute approximate surface area is 98.8 Å². The van der Waals surface area contributed by atoms with Gasteiger partial charge in [-0.05, 0) is 30.7 Å². The van der Waals surface area contributed by atoms with Gasteiger partial charge in [-0.25, -0.2) is 0 Å². The van der Waals surface area contributed by atoms with Crippen LogP contribution in [0.3, 0.4) is 0 Å². The number of aromatic nitrogens is 2. The lowest BCUT2D eigenvalue weighted by atomic mass is 10.1. The summed E-state index contributed by atoms with van der Waals surface area (Å²) >= 11 is 0. The summed E-state index contributed by atoms with van der Waals surface area (Å²) < 4.78 is 5.53. The van der Waals surface area contributed by atoms with Crippen molar-refractivity contribution in [3.05, 3.63) is 35.5 Å². The normalized spacial score (nSPS) is 9.88. The van der Waals surface area contributed by atoms with Gasteiger partial charge in [0.1, 0.15) is 5.75 Å². The Balaban J connectivity index is 2.22. The smallest absolute Gasteiger partial charge is 0.238 e. The Morgan fingerprint density at radius 3 is 2.94 bits per heavy atom. The van der Waals surface area contributed by atoms with Gasteiger partial charge in [-0.1, -0.05) is 0 Å². The molecule has 0 saturated heterocycles. The van der Waals surface area contributed by atoms with Crippen molar-refractivity contribution in [1.29, 1.82) is 5.26 Å². The Kier molecular flexibility index (Phi) is 2.97. The molecule has 0 unspecified atom stereocenters. The number of ether oxygens (including phenoxy) is 1. The monoisotopic (exact) mass is 228 g/mol. The number of aryl methyl sites for hydroxylation is 1. The fourth-order valence-corrected chi connectivity index (χ4v) is 1.45. The van der Waals surface area contributed by atoms with E-state index >= 15 is 0 Å². The lowest BCUT2D eigenvalue weighted by molar-refractivity contribution is 0.461. The summed E-state index contributed by atoms with van der Waals surface area (Å²) in [5, 5.41) is 15.4. The van der Waals surface area contributed by atoms with Crippen LogP contribution < -0.4 is 10.5 Å². The lowest BCUT2D eigenvalue weighted by Crippen LogP contribution is -1.94. The first-order chi connectivity index (χ1) is 8.19. The molecule has 0 fully saturated rings. The van der Waals surface area contributed by atoms with E-state index in [1.54, 1.807) is 24.3 Å². The minimum atomic E-state index is 0.266. The molecule has 0 amide bonds. The maximum absolute atomic E-state index is 8.66. The van der Waals surface area contributed by atoms with Crippen molar-refractivity contribution in [2.24, 2.45) is 0 Å². The number of rotatable bonds is 3. The zero-order chi connectivity index (χ0) is 12.3. The second-order valence-corrected chi connectivity index (χ2v) is 3.69. The van der Waals surface area contributed by atoms with Crippen LogP contribution in [0.1, 0.15) is 11.3 Å². The molecule has 5 nitrogen and oxygen atoms in total. The molecule has 2 rings (SSSR count). The number of nitriles is 1. The van der Waals surface area contributed by atoms with Gasteiger partial charge < -0.3 is 10.5 Å². The van der Waals surface area contributed by atoms with Gasteiger partial charge in [-0.15, -0.1) is 5.10 Å². The second kappa shape index (κ2) is 4.58. The Morgan fingerprint density at radius 2 is 2.29 bits per heavy atom. The molecule has 86 valence electrons. The molecule has 0 radical (unpaired) electrons. The van der Waals surface area contributed by atoms with Gasteiger partial charge in [0.15, 0.2) is 0 Å². The summed E-state index contributed by atoms with van der Waals surface area (Å²) in [6, 6.07) is 9.08. The number of nitrogen functional groups attached to an aromatic ring is 1. The summed E-state index contributed by atoms with van der Waals surface area (Å²) in [6.45, 7) is 1.89. The lowest BCUT2D eigenvalue weighted by Gasteiger charge is -2.05. The molecule has 17 heavy (non-hydrogen) atoms.